The van der Waals surface area contributed by atoms with E-state index in [1.807, 2.05) is 39.0 Å². The number of aryl methyl sites for hydroxylation is 1. The minimum Gasteiger partial charge on any atom is -0.389 e. The molecule has 104 valence electrons. The van der Waals surface area contributed by atoms with Crippen LogP contribution in [0.25, 0.3) is 0 Å². The fourth-order valence-electron chi connectivity index (χ4n) is 1.83. The van der Waals surface area contributed by atoms with Crippen LogP contribution in [0.5, 0.6) is 0 Å². The van der Waals surface area contributed by atoms with E-state index in [4.69, 9.17) is 18.0 Å². The van der Waals surface area contributed by atoms with E-state index in [1.165, 1.54) is 0 Å². The average Bonchev–Trinajstić information content (AvgIpc) is 2.38. The molecule has 1 rings (SSSR count). The van der Waals surface area contributed by atoms with Crippen molar-refractivity contribution in [1.29, 1.82) is 0 Å². The molecule has 1 aromatic rings. The third-order valence-electron chi connectivity index (χ3n) is 3.12. The molecule has 1 unspecified atom stereocenters. The second-order valence-corrected chi connectivity index (χ2v) is 5.02. The minimum atomic E-state index is -0.320. The maximum atomic E-state index is 12.1. The maximum Gasteiger partial charge on any atom is 0.244 e. The van der Waals surface area contributed by atoms with Gasteiger partial charge in [0.15, 0.2) is 0 Å². The van der Waals surface area contributed by atoms with E-state index in [0.29, 0.717) is 11.5 Å². The second-order valence-electron chi connectivity index (χ2n) is 4.58. The summed E-state index contributed by atoms with van der Waals surface area (Å²) in [7, 11) is 1.78. The maximum absolute atomic E-state index is 12.1. The van der Waals surface area contributed by atoms with Gasteiger partial charge in [-0.3, -0.25) is 4.79 Å². The number of thiocarbonyl (C=S) groups is 1. The van der Waals surface area contributed by atoms with Crippen LogP contribution in [-0.4, -0.2) is 35.4 Å². The van der Waals surface area contributed by atoms with Crippen LogP contribution in [0, 0.1) is 6.92 Å². The summed E-state index contributed by atoms with van der Waals surface area (Å²) in [5.74, 6) is 0.0413. The van der Waals surface area contributed by atoms with Crippen LogP contribution in [0.4, 0.5) is 5.69 Å². The first-order valence-electron chi connectivity index (χ1n) is 6.29. The highest BCUT2D eigenvalue weighted by Crippen LogP contribution is 2.21. The number of rotatable bonds is 5. The Balaban J connectivity index is 2.99. The minimum absolute atomic E-state index is 0.0413. The lowest BCUT2D eigenvalue weighted by atomic mass is 10.1. The normalized spacial score (nSPS) is 11.8. The molecule has 0 bridgehead atoms. The molecule has 0 saturated carbocycles. The Labute approximate surface area is 120 Å². The molecule has 0 fully saturated rings. The second kappa shape index (κ2) is 6.52. The number of anilines is 1. The van der Waals surface area contributed by atoms with Crippen molar-refractivity contribution in [3.63, 3.8) is 0 Å². The van der Waals surface area contributed by atoms with Gasteiger partial charge in [-0.2, -0.15) is 0 Å². The Hall–Kier alpha value is -1.62. The summed E-state index contributed by atoms with van der Waals surface area (Å²) >= 11 is 5.04. The van der Waals surface area contributed by atoms with Gasteiger partial charge in [0.25, 0.3) is 0 Å². The molecule has 1 amide bonds. The summed E-state index contributed by atoms with van der Waals surface area (Å²) in [6.45, 7) is 6.43. The molecule has 4 nitrogen and oxygen atoms in total. The van der Waals surface area contributed by atoms with Crippen molar-refractivity contribution in [1.82, 2.24) is 4.90 Å². The van der Waals surface area contributed by atoms with Crippen LogP contribution in [0.15, 0.2) is 18.2 Å². The van der Waals surface area contributed by atoms with E-state index >= 15 is 0 Å². The summed E-state index contributed by atoms with van der Waals surface area (Å²) in [4.78, 5) is 14.1. The summed E-state index contributed by atoms with van der Waals surface area (Å²) in [6, 6.07) is 5.40. The van der Waals surface area contributed by atoms with Crippen LogP contribution in [-0.2, 0) is 4.79 Å². The lowest BCUT2D eigenvalue weighted by Crippen LogP contribution is -2.39. The first-order valence-corrected chi connectivity index (χ1v) is 6.70. The summed E-state index contributed by atoms with van der Waals surface area (Å²) in [5.41, 5.74) is 8.34. The van der Waals surface area contributed by atoms with Gasteiger partial charge in [-0.05, 0) is 32.4 Å². The fourth-order valence-corrected chi connectivity index (χ4v) is 2.00. The molecule has 19 heavy (non-hydrogen) atoms. The van der Waals surface area contributed by atoms with E-state index in [0.717, 1.165) is 16.8 Å². The van der Waals surface area contributed by atoms with Gasteiger partial charge < -0.3 is 16.0 Å². The van der Waals surface area contributed by atoms with E-state index in [2.05, 4.69) is 5.32 Å². The lowest BCUT2D eigenvalue weighted by Gasteiger charge is -2.23. The van der Waals surface area contributed by atoms with Crippen LogP contribution in [0.1, 0.15) is 25.0 Å². The quantitative estimate of drug-likeness (QED) is 0.808. The van der Waals surface area contributed by atoms with Crippen molar-refractivity contribution in [3.05, 3.63) is 29.3 Å². The van der Waals surface area contributed by atoms with Gasteiger partial charge in [0.05, 0.1) is 0 Å². The molecule has 1 atom stereocenters. The van der Waals surface area contributed by atoms with Crippen LogP contribution >= 0.6 is 12.2 Å². The zero-order valence-corrected chi connectivity index (χ0v) is 12.7. The average molecular weight is 279 g/mol. The van der Waals surface area contributed by atoms with Crippen molar-refractivity contribution in [2.24, 2.45) is 5.73 Å². The number of nitrogens with two attached hydrogens (primary N) is 1. The number of benzene rings is 1. The predicted octanol–water partition coefficient (Wildman–Crippen LogP) is 1.91. The molecule has 3 N–H and O–H groups in total. The van der Waals surface area contributed by atoms with Crippen LogP contribution in [0.2, 0.25) is 0 Å². The predicted molar refractivity (Wildman–Crippen MR) is 83.5 cm³/mol. The van der Waals surface area contributed by atoms with Crippen molar-refractivity contribution < 1.29 is 4.79 Å². The molecule has 0 aromatic heterocycles. The number of amides is 1. The van der Waals surface area contributed by atoms with Crippen LogP contribution < -0.4 is 11.1 Å². The van der Waals surface area contributed by atoms with Crippen molar-refractivity contribution >= 4 is 28.8 Å². The molecule has 0 aliphatic rings. The van der Waals surface area contributed by atoms with Gasteiger partial charge in [-0.15, -0.1) is 0 Å². The van der Waals surface area contributed by atoms with E-state index in [9.17, 15) is 4.79 Å². The van der Waals surface area contributed by atoms with Crippen LogP contribution in [0.3, 0.4) is 0 Å². The summed E-state index contributed by atoms with van der Waals surface area (Å²) in [6.07, 6.45) is 0. The van der Waals surface area contributed by atoms with E-state index in [1.54, 1.807) is 11.9 Å². The molecular weight excluding hydrogens is 258 g/mol. The number of hydrogen-bond donors (Lipinski definition) is 2. The Bertz CT molecular complexity index is 488. The number of carbonyl (C=O) groups is 1. The first-order chi connectivity index (χ1) is 8.88. The fraction of sp³-hybridized carbons (Fsp3) is 0.429. The lowest BCUT2D eigenvalue weighted by molar-refractivity contribution is -0.130. The Morgan fingerprint density at radius 2 is 2.16 bits per heavy atom. The molecule has 5 heteroatoms. The highest BCUT2D eigenvalue weighted by atomic mass is 32.1. The van der Waals surface area contributed by atoms with Crippen molar-refractivity contribution in [3.8, 4) is 0 Å². The summed E-state index contributed by atoms with van der Waals surface area (Å²) in [5, 5.41) is 3.22. The highest BCUT2D eigenvalue weighted by Gasteiger charge is 2.18. The molecule has 0 saturated heterocycles. The van der Waals surface area contributed by atoms with Gasteiger partial charge in [0.1, 0.15) is 11.0 Å². The standard InChI is InChI=1S/C14H21N3OS/c1-5-17(4)14(18)10(3)16-12-9(2)7-6-8-11(12)13(15)19/h6-8,10,16H,5H2,1-4H3,(H2,15,19). The Morgan fingerprint density at radius 1 is 1.53 bits per heavy atom. The largest absolute Gasteiger partial charge is 0.389 e. The van der Waals surface area contributed by atoms with Gasteiger partial charge in [0.2, 0.25) is 5.91 Å². The molecule has 0 radical (unpaired) electrons. The molecular formula is C14H21N3OS. The zero-order valence-electron chi connectivity index (χ0n) is 11.9. The first kappa shape index (κ1) is 15.4. The molecule has 0 spiro atoms. The SMILES string of the molecule is CCN(C)C(=O)C(C)Nc1c(C)cccc1C(N)=S. The van der Waals surface area contributed by atoms with Gasteiger partial charge in [0, 0.05) is 24.8 Å². The third kappa shape index (κ3) is 3.67. The van der Waals surface area contributed by atoms with Crippen molar-refractivity contribution in [2.75, 3.05) is 18.9 Å². The molecule has 0 heterocycles. The highest BCUT2D eigenvalue weighted by molar-refractivity contribution is 7.80. The number of carbonyl (C=O) groups excluding carboxylic acids is 1. The number of nitrogens with one attached hydrogen (secondary N) is 1. The summed E-state index contributed by atoms with van der Waals surface area (Å²) < 4.78 is 0. The number of hydrogen-bond acceptors (Lipinski definition) is 3. The molecule has 0 aliphatic carbocycles. The van der Waals surface area contributed by atoms with Gasteiger partial charge >= 0.3 is 0 Å². The molecule has 1 aromatic carbocycles. The zero-order chi connectivity index (χ0) is 14.6. The smallest absolute Gasteiger partial charge is 0.244 e. The Kier molecular flexibility index (Phi) is 5.30. The van der Waals surface area contributed by atoms with Gasteiger partial charge in [-0.1, -0.05) is 24.4 Å². The number of nitrogens with zero attached hydrogens (tertiary/aromatic N) is 1. The third-order valence-corrected chi connectivity index (χ3v) is 3.34. The monoisotopic (exact) mass is 279 g/mol. The topological polar surface area (TPSA) is 58.4 Å². The number of para-hydroxylation sites is 1. The molecule has 0 aliphatic heterocycles. The van der Waals surface area contributed by atoms with Crippen molar-refractivity contribution in [2.45, 2.75) is 26.8 Å². The number of likely N-dealkylation sites (N-methyl/N-ethyl adjacent to an activating group) is 1. The Morgan fingerprint density at radius 3 is 2.68 bits per heavy atom. The van der Waals surface area contributed by atoms with Gasteiger partial charge in [-0.25, -0.2) is 0 Å². The van der Waals surface area contributed by atoms with E-state index in [-0.39, 0.29) is 11.9 Å². The van der Waals surface area contributed by atoms with E-state index < -0.39 is 0 Å².